The summed E-state index contributed by atoms with van der Waals surface area (Å²) in [5.74, 6) is 0. The highest BCUT2D eigenvalue weighted by molar-refractivity contribution is 5.51. The standard InChI is InChI=1S/C15H16N2O2/c1-12(10-13-6-3-2-4-7-13)16-14-8-5-9-15(11-14)17(18)19/h2-9,11-12,16H,10H2,1H3. The summed E-state index contributed by atoms with van der Waals surface area (Å²) in [5.41, 5.74) is 2.13. The Kier molecular flexibility index (Phi) is 4.13. The van der Waals surface area contributed by atoms with E-state index in [0.29, 0.717) is 0 Å². The smallest absolute Gasteiger partial charge is 0.271 e. The van der Waals surface area contributed by atoms with Gasteiger partial charge in [0.25, 0.3) is 5.69 Å². The lowest BCUT2D eigenvalue weighted by atomic mass is 10.1. The Labute approximate surface area is 112 Å². The van der Waals surface area contributed by atoms with Gasteiger partial charge in [-0.05, 0) is 25.0 Å². The first-order chi connectivity index (χ1) is 9.15. The van der Waals surface area contributed by atoms with Crippen LogP contribution in [0.1, 0.15) is 12.5 Å². The molecular formula is C15H16N2O2. The van der Waals surface area contributed by atoms with Gasteiger partial charge in [-0.3, -0.25) is 10.1 Å². The zero-order valence-corrected chi connectivity index (χ0v) is 10.7. The molecule has 0 aliphatic heterocycles. The number of nitro groups is 1. The van der Waals surface area contributed by atoms with E-state index in [2.05, 4.69) is 24.4 Å². The molecule has 19 heavy (non-hydrogen) atoms. The second kappa shape index (κ2) is 6.00. The summed E-state index contributed by atoms with van der Waals surface area (Å²) in [6.45, 7) is 2.06. The summed E-state index contributed by atoms with van der Waals surface area (Å²) in [7, 11) is 0. The van der Waals surface area contributed by atoms with Crippen LogP contribution in [-0.4, -0.2) is 11.0 Å². The summed E-state index contributed by atoms with van der Waals surface area (Å²) in [6, 6.07) is 17.0. The fourth-order valence-electron chi connectivity index (χ4n) is 2.01. The van der Waals surface area contributed by atoms with Crippen LogP contribution in [-0.2, 0) is 6.42 Å². The van der Waals surface area contributed by atoms with Crippen molar-refractivity contribution in [2.75, 3.05) is 5.32 Å². The molecule has 4 nitrogen and oxygen atoms in total. The first-order valence-electron chi connectivity index (χ1n) is 6.20. The number of nitrogens with zero attached hydrogens (tertiary/aromatic N) is 1. The minimum atomic E-state index is -0.382. The van der Waals surface area contributed by atoms with Crippen LogP contribution in [0.15, 0.2) is 54.6 Å². The van der Waals surface area contributed by atoms with Crippen molar-refractivity contribution in [3.8, 4) is 0 Å². The van der Waals surface area contributed by atoms with E-state index >= 15 is 0 Å². The number of benzene rings is 2. The zero-order valence-electron chi connectivity index (χ0n) is 10.7. The predicted molar refractivity (Wildman–Crippen MR) is 76.3 cm³/mol. The second-order valence-corrected chi connectivity index (χ2v) is 4.54. The van der Waals surface area contributed by atoms with E-state index in [4.69, 9.17) is 0 Å². The van der Waals surface area contributed by atoms with Gasteiger partial charge in [0, 0.05) is 23.9 Å². The van der Waals surface area contributed by atoms with Gasteiger partial charge in [0.1, 0.15) is 0 Å². The van der Waals surface area contributed by atoms with Crippen molar-refractivity contribution in [2.45, 2.75) is 19.4 Å². The molecule has 0 heterocycles. The van der Waals surface area contributed by atoms with Crippen molar-refractivity contribution >= 4 is 11.4 Å². The van der Waals surface area contributed by atoms with E-state index in [1.165, 1.54) is 11.6 Å². The Morgan fingerprint density at radius 1 is 1.16 bits per heavy atom. The molecule has 2 aromatic carbocycles. The molecule has 0 amide bonds. The molecule has 1 N–H and O–H groups in total. The number of nitro benzene ring substituents is 1. The van der Waals surface area contributed by atoms with Gasteiger partial charge >= 0.3 is 0 Å². The van der Waals surface area contributed by atoms with E-state index < -0.39 is 0 Å². The van der Waals surface area contributed by atoms with E-state index in [-0.39, 0.29) is 16.7 Å². The summed E-state index contributed by atoms with van der Waals surface area (Å²) in [4.78, 5) is 10.3. The SMILES string of the molecule is CC(Cc1ccccc1)Nc1cccc([N+](=O)[O-])c1. The molecule has 0 saturated carbocycles. The fraction of sp³-hybridized carbons (Fsp3) is 0.200. The molecule has 0 radical (unpaired) electrons. The topological polar surface area (TPSA) is 55.2 Å². The minimum Gasteiger partial charge on any atom is -0.382 e. The molecule has 0 saturated heterocycles. The lowest BCUT2D eigenvalue weighted by Gasteiger charge is -2.15. The van der Waals surface area contributed by atoms with E-state index in [1.807, 2.05) is 24.3 Å². The number of rotatable bonds is 5. The molecular weight excluding hydrogens is 240 g/mol. The quantitative estimate of drug-likeness (QED) is 0.656. The molecule has 0 bridgehead atoms. The Bertz CT molecular complexity index is 555. The highest BCUT2D eigenvalue weighted by Crippen LogP contribution is 2.18. The summed E-state index contributed by atoms with van der Waals surface area (Å²) >= 11 is 0. The van der Waals surface area contributed by atoms with Crippen molar-refractivity contribution in [2.24, 2.45) is 0 Å². The van der Waals surface area contributed by atoms with Crippen LogP contribution in [0.5, 0.6) is 0 Å². The molecule has 2 aromatic rings. The number of nitrogens with one attached hydrogen (secondary N) is 1. The van der Waals surface area contributed by atoms with Crippen LogP contribution in [0, 0.1) is 10.1 Å². The molecule has 0 aromatic heterocycles. The molecule has 0 aliphatic rings. The number of hydrogen-bond donors (Lipinski definition) is 1. The summed E-state index contributed by atoms with van der Waals surface area (Å²) in [6.07, 6.45) is 0.879. The lowest BCUT2D eigenvalue weighted by Crippen LogP contribution is -2.18. The van der Waals surface area contributed by atoms with Crippen molar-refractivity contribution in [3.63, 3.8) is 0 Å². The Balaban J connectivity index is 2.01. The van der Waals surface area contributed by atoms with Crippen molar-refractivity contribution in [3.05, 3.63) is 70.3 Å². The maximum absolute atomic E-state index is 10.7. The number of non-ortho nitro benzene ring substituents is 1. The third kappa shape index (κ3) is 3.81. The largest absolute Gasteiger partial charge is 0.382 e. The molecule has 1 atom stereocenters. The van der Waals surface area contributed by atoms with Crippen LogP contribution in [0.2, 0.25) is 0 Å². The van der Waals surface area contributed by atoms with Gasteiger partial charge in [-0.25, -0.2) is 0 Å². The number of hydrogen-bond acceptors (Lipinski definition) is 3. The maximum Gasteiger partial charge on any atom is 0.271 e. The molecule has 98 valence electrons. The van der Waals surface area contributed by atoms with E-state index in [0.717, 1.165) is 12.1 Å². The molecule has 2 rings (SSSR count). The van der Waals surface area contributed by atoms with Gasteiger partial charge in [-0.15, -0.1) is 0 Å². The first-order valence-corrected chi connectivity index (χ1v) is 6.20. The van der Waals surface area contributed by atoms with Crippen molar-refractivity contribution < 1.29 is 4.92 Å². The third-order valence-electron chi connectivity index (χ3n) is 2.85. The monoisotopic (exact) mass is 256 g/mol. The first kappa shape index (κ1) is 13.1. The predicted octanol–water partition coefficient (Wildman–Crippen LogP) is 3.64. The fourth-order valence-corrected chi connectivity index (χ4v) is 2.01. The number of anilines is 1. The maximum atomic E-state index is 10.7. The Hall–Kier alpha value is -2.36. The van der Waals surface area contributed by atoms with E-state index in [9.17, 15) is 10.1 Å². The van der Waals surface area contributed by atoms with Gasteiger partial charge in [-0.1, -0.05) is 36.4 Å². The summed E-state index contributed by atoms with van der Waals surface area (Å²) in [5, 5.41) is 14.0. The van der Waals surface area contributed by atoms with Gasteiger partial charge in [0.05, 0.1) is 4.92 Å². The van der Waals surface area contributed by atoms with Gasteiger partial charge in [-0.2, -0.15) is 0 Å². The van der Waals surface area contributed by atoms with Crippen LogP contribution in [0.3, 0.4) is 0 Å². The highest BCUT2D eigenvalue weighted by Gasteiger charge is 2.08. The van der Waals surface area contributed by atoms with Gasteiger partial charge in [0.15, 0.2) is 0 Å². The second-order valence-electron chi connectivity index (χ2n) is 4.54. The van der Waals surface area contributed by atoms with Crippen molar-refractivity contribution in [1.82, 2.24) is 0 Å². The van der Waals surface area contributed by atoms with Crippen LogP contribution >= 0.6 is 0 Å². The minimum absolute atomic E-state index is 0.108. The van der Waals surface area contributed by atoms with E-state index in [1.54, 1.807) is 12.1 Å². The normalized spacial score (nSPS) is 11.8. The van der Waals surface area contributed by atoms with Crippen LogP contribution < -0.4 is 5.32 Å². The van der Waals surface area contributed by atoms with Crippen LogP contribution in [0.25, 0.3) is 0 Å². The lowest BCUT2D eigenvalue weighted by molar-refractivity contribution is -0.384. The van der Waals surface area contributed by atoms with Crippen molar-refractivity contribution in [1.29, 1.82) is 0 Å². The van der Waals surface area contributed by atoms with Crippen LogP contribution in [0.4, 0.5) is 11.4 Å². The van der Waals surface area contributed by atoms with Gasteiger partial charge < -0.3 is 5.32 Å². The molecule has 0 spiro atoms. The Morgan fingerprint density at radius 2 is 1.89 bits per heavy atom. The molecule has 0 fully saturated rings. The average molecular weight is 256 g/mol. The zero-order chi connectivity index (χ0) is 13.7. The van der Waals surface area contributed by atoms with Gasteiger partial charge in [0.2, 0.25) is 0 Å². The highest BCUT2D eigenvalue weighted by atomic mass is 16.6. The molecule has 1 unspecified atom stereocenters. The summed E-state index contributed by atoms with van der Waals surface area (Å²) < 4.78 is 0. The molecule has 0 aliphatic carbocycles. The Morgan fingerprint density at radius 3 is 2.58 bits per heavy atom. The third-order valence-corrected chi connectivity index (χ3v) is 2.85. The average Bonchev–Trinajstić information content (AvgIpc) is 2.40. The molecule has 4 heteroatoms.